The van der Waals surface area contributed by atoms with Gasteiger partial charge in [0.1, 0.15) is 18.4 Å². The van der Waals surface area contributed by atoms with Crippen LogP contribution in [0.3, 0.4) is 0 Å². The standard InChI is InChI=1S/C18H30N3O4/c1-18(2,3)20(11-12-22)21(23)19-25-17-10-7-15(13-17)14-5-8-16(24-4)9-6-14/h5-6,8-9,15,17,22H,7,10-13H2,1-4H3,(H,19,23)/q+1/t15?,17-/m1/s1. The molecule has 0 saturated heterocycles. The number of hydrazine groups is 1. The summed E-state index contributed by atoms with van der Waals surface area (Å²) in [5, 5.41) is 24.7. The molecule has 0 spiro atoms. The molecule has 1 saturated carbocycles. The lowest BCUT2D eigenvalue weighted by atomic mass is 9.98. The van der Waals surface area contributed by atoms with E-state index in [9.17, 15) is 5.21 Å². The van der Waals surface area contributed by atoms with Crippen LogP contribution < -0.4 is 4.74 Å². The summed E-state index contributed by atoms with van der Waals surface area (Å²) >= 11 is 0. The molecule has 2 atom stereocenters. The van der Waals surface area contributed by atoms with Gasteiger partial charge in [-0.2, -0.15) is 0 Å². The second-order valence-electron chi connectivity index (χ2n) is 7.38. The molecule has 2 rings (SSSR count). The number of methoxy groups -OCH3 is 1. The number of ether oxygens (including phenoxy) is 1. The van der Waals surface area contributed by atoms with Crippen LogP contribution in [-0.2, 0) is 4.84 Å². The van der Waals surface area contributed by atoms with Crippen molar-refractivity contribution in [2.24, 2.45) is 5.28 Å². The first-order valence-electron chi connectivity index (χ1n) is 8.73. The van der Waals surface area contributed by atoms with Gasteiger partial charge in [-0.05, 0) is 63.6 Å². The Kier molecular flexibility index (Phi) is 6.47. The maximum Gasteiger partial charge on any atom is 0.274 e. The number of benzene rings is 1. The van der Waals surface area contributed by atoms with Crippen molar-refractivity contribution >= 4 is 0 Å². The van der Waals surface area contributed by atoms with Crippen molar-refractivity contribution in [3.8, 4) is 5.75 Å². The molecule has 7 nitrogen and oxygen atoms in total. The van der Waals surface area contributed by atoms with Gasteiger partial charge in [0.2, 0.25) is 0 Å². The van der Waals surface area contributed by atoms with Crippen molar-refractivity contribution in [2.75, 3.05) is 20.3 Å². The van der Waals surface area contributed by atoms with E-state index in [0.29, 0.717) is 10.9 Å². The number of β-amino-alcohol motifs (C(OH)–C–C–N with tert-alkyl or cyclic N) is 1. The summed E-state index contributed by atoms with van der Waals surface area (Å²) in [6, 6.07) is 8.12. The van der Waals surface area contributed by atoms with E-state index in [1.54, 1.807) is 12.1 Å². The molecule has 0 heterocycles. The van der Waals surface area contributed by atoms with Gasteiger partial charge in [-0.15, -0.1) is 5.01 Å². The lowest BCUT2D eigenvalue weighted by molar-refractivity contribution is -0.949. The Hall–Kier alpha value is -2.02. The maximum absolute atomic E-state index is 10.1. The minimum Gasteiger partial charge on any atom is -0.497 e. The first-order valence-corrected chi connectivity index (χ1v) is 8.73. The number of rotatable bonds is 7. The average molecular weight is 352 g/mol. The molecule has 2 N–H and O–H groups in total. The van der Waals surface area contributed by atoms with E-state index < -0.39 is 0 Å². The van der Waals surface area contributed by atoms with Crippen LogP contribution in [0.2, 0.25) is 0 Å². The van der Waals surface area contributed by atoms with Crippen molar-refractivity contribution in [1.82, 2.24) is 5.01 Å². The third kappa shape index (κ3) is 5.22. The van der Waals surface area contributed by atoms with E-state index in [1.165, 1.54) is 5.56 Å². The maximum atomic E-state index is 10.1. The smallest absolute Gasteiger partial charge is 0.274 e. The first-order chi connectivity index (χ1) is 11.8. The van der Waals surface area contributed by atoms with Gasteiger partial charge >= 0.3 is 0 Å². The second-order valence-corrected chi connectivity index (χ2v) is 7.38. The van der Waals surface area contributed by atoms with Crippen LogP contribution in [0.25, 0.3) is 0 Å². The molecule has 1 aromatic carbocycles. The Morgan fingerprint density at radius 2 is 1.92 bits per heavy atom. The molecule has 1 unspecified atom stereocenters. The molecule has 25 heavy (non-hydrogen) atoms. The third-order valence-corrected chi connectivity index (χ3v) is 4.54. The molecule has 0 amide bonds. The van der Waals surface area contributed by atoms with Crippen molar-refractivity contribution in [3.05, 3.63) is 29.8 Å². The fourth-order valence-electron chi connectivity index (χ4n) is 3.16. The summed E-state index contributed by atoms with van der Waals surface area (Å²) in [7, 11) is 1.66. The number of hydrogen-bond donors (Lipinski definition) is 2. The van der Waals surface area contributed by atoms with Crippen LogP contribution in [0.4, 0.5) is 0 Å². The Balaban J connectivity index is 1.93. The largest absolute Gasteiger partial charge is 0.497 e. The molecule has 1 fully saturated rings. The highest BCUT2D eigenvalue weighted by Gasteiger charge is 2.34. The normalized spacial score (nSPS) is 21.2. The van der Waals surface area contributed by atoms with E-state index in [2.05, 4.69) is 17.4 Å². The summed E-state index contributed by atoms with van der Waals surface area (Å²) in [5.74, 6) is 1.28. The van der Waals surface area contributed by atoms with Gasteiger partial charge in [0.15, 0.2) is 0 Å². The van der Waals surface area contributed by atoms with Crippen LogP contribution in [0.1, 0.15) is 51.5 Å². The topological polar surface area (TPSA) is 77.5 Å². The number of aliphatic hydroxyl groups excluding tert-OH is 1. The van der Waals surface area contributed by atoms with Crippen molar-refractivity contribution in [2.45, 2.75) is 57.6 Å². The molecule has 140 valence electrons. The molecule has 0 aromatic heterocycles. The SMILES string of the molecule is COc1ccc(C2CC[C@@H](O/N=[N+](\O)N(CCO)C(C)(C)C)C2)cc1. The second kappa shape index (κ2) is 8.38. The third-order valence-electron chi connectivity index (χ3n) is 4.54. The van der Waals surface area contributed by atoms with Crippen LogP contribution in [0.15, 0.2) is 29.5 Å². The predicted molar refractivity (Wildman–Crippen MR) is 92.5 cm³/mol. The highest BCUT2D eigenvalue weighted by Crippen LogP contribution is 2.36. The summed E-state index contributed by atoms with van der Waals surface area (Å²) in [6.45, 7) is 5.98. The highest BCUT2D eigenvalue weighted by atomic mass is 16.7. The van der Waals surface area contributed by atoms with Gasteiger partial charge in [-0.1, -0.05) is 12.1 Å². The van der Waals surface area contributed by atoms with Gasteiger partial charge in [0.05, 0.1) is 19.3 Å². The quantitative estimate of drug-likeness (QED) is 0.448. The fraction of sp³-hybridized carbons (Fsp3) is 0.667. The lowest BCUT2D eigenvalue weighted by Crippen LogP contribution is -2.48. The van der Waals surface area contributed by atoms with Crippen LogP contribution in [0, 0.1) is 0 Å². The van der Waals surface area contributed by atoms with E-state index in [1.807, 2.05) is 32.9 Å². The molecule has 0 aliphatic heterocycles. The molecule has 1 aliphatic carbocycles. The van der Waals surface area contributed by atoms with Crippen molar-refractivity contribution < 1.29 is 24.9 Å². The van der Waals surface area contributed by atoms with Crippen molar-refractivity contribution in [1.29, 1.82) is 0 Å². The van der Waals surface area contributed by atoms with Crippen LogP contribution in [-0.4, -0.2) is 52.2 Å². The zero-order valence-corrected chi connectivity index (χ0v) is 15.6. The predicted octanol–water partition coefficient (Wildman–Crippen LogP) is 3.12. The Morgan fingerprint density at radius 1 is 1.24 bits per heavy atom. The molecule has 0 bridgehead atoms. The number of nitrogens with zero attached hydrogens (tertiary/aromatic N) is 3. The van der Waals surface area contributed by atoms with Gasteiger partial charge in [-0.25, -0.2) is 5.21 Å². The molecule has 0 radical (unpaired) electrons. The molecule has 1 aliphatic rings. The number of aliphatic hydroxyl groups is 1. The summed E-state index contributed by atoms with van der Waals surface area (Å²) in [5.41, 5.74) is 0.885. The van der Waals surface area contributed by atoms with Gasteiger partial charge in [0, 0.05) is 0 Å². The van der Waals surface area contributed by atoms with E-state index in [0.717, 1.165) is 25.0 Å². The van der Waals surface area contributed by atoms with E-state index in [-0.39, 0.29) is 24.8 Å². The average Bonchev–Trinajstić information content (AvgIpc) is 3.05. The number of hydrogen-bond acceptors (Lipinski definition) is 4. The minimum absolute atomic E-state index is 0.0299. The summed E-state index contributed by atoms with van der Waals surface area (Å²) in [6.07, 6.45) is 2.75. The van der Waals surface area contributed by atoms with Gasteiger partial charge in [0.25, 0.3) is 10.2 Å². The minimum atomic E-state index is -0.383. The molecule has 1 aromatic rings. The van der Waals surface area contributed by atoms with Crippen molar-refractivity contribution in [3.63, 3.8) is 0 Å². The zero-order chi connectivity index (χ0) is 18.4. The van der Waals surface area contributed by atoms with E-state index in [4.69, 9.17) is 14.7 Å². The molecular formula is C18H30N3O4+. The highest BCUT2D eigenvalue weighted by molar-refractivity contribution is 5.29. The summed E-state index contributed by atoms with van der Waals surface area (Å²) in [4.78, 5) is 6.24. The lowest BCUT2D eigenvalue weighted by Gasteiger charge is -2.25. The Labute approximate surface area is 149 Å². The van der Waals surface area contributed by atoms with Crippen LogP contribution >= 0.6 is 0 Å². The molecular weight excluding hydrogens is 322 g/mol. The zero-order valence-electron chi connectivity index (χ0n) is 15.6. The summed E-state index contributed by atoms with van der Waals surface area (Å²) < 4.78 is 5.19. The van der Waals surface area contributed by atoms with Crippen LogP contribution in [0.5, 0.6) is 5.75 Å². The first kappa shape index (κ1) is 19.3. The fourth-order valence-corrected chi connectivity index (χ4v) is 3.16. The Morgan fingerprint density at radius 3 is 2.48 bits per heavy atom. The van der Waals surface area contributed by atoms with E-state index >= 15 is 0 Å². The monoisotopic (exact) mass is 352 g/mol. The molecule has 7 heteroatoms. The Bertz CT molecular complexity index is 569. The van der Waals surface area contributed by atoms with Gasteiger partial charge in [-0.3, -0.25) is 0 Å². The van der Waals surface area contributed by atoms with Gasteiger partial charge < -0.3 is 14.7 Å².